The molecular formula is C17H16ClNO3. The number of nitrogens with one attached hydrogen (secondary N) is 1. The SMILES string of the molecule is CC(Cc1ccc(Cl)cc1)C(=O)Nc1cccc(C(=O)O)c1. The molecule has 0 fully saturated rings. The lowest BCUT2D eigenvalue weighted by Crippen LogP contribution is -2.22. The minimum atomic E-state index is -1.02. The Hall–Kier alpha value is -2.33. The Morgan fingerprint density at radius 1 is 1.18 bits per heavy atom. The summed E-state index contributed by atoms with van der Waals surface area (Å²) in [7, 11) is 0. The van der Waals surface area contributed by atoms with E-state index in [0.717, 1.165) is 5.56 Å². The minimum absolute atomic E-state index is 0.142. The first-order valence-electron chi connectivity index (χ1n) is 6.84. The molecule has 0 radical (unpaired) electrons. The number of carboxylic acid groups (broad SMARTS) is 1. The van der Waals surface area contributed by atoms with Crippen molar-refractivity contribution >= 4 is 29.2 Å². The number of hydrogen-bond donors (Lipinski definition) is 2. The number of carbonyl (C=O) groups is 2. The van der Waals surface area contributed by atoms with E-state index in [0.29, 0.717) is 17.1 Å². The number of aromatic carboxylic acids is 1. The van der Waals surface area contributed by atoms with E-state index in [1.165, 1.54) is 12.1 Å². The molecule has 4 nitrogen and oxygen atoms in total. The zero-order chi connectivity index (χ0) is 16.1. The van der Waals surface area contributed by atoms with Crippen LogP contribution in [0.25, 0.3) is 0 Å². The summed E-state index contributed by atoms with van der Waals surface area (Å²) in [4.78, 5) is 23.1. The smallest absolute Gasteiger partial charge is 0.335 e. The molecule has 0 spiro atoms. The third-order valence-electron chi connectivity index (χ3n) is 3.28. The van der Waals surface area contributed by atoms with Crippen molar-refractivity contribution < 1.29 is 14.7 Å². The molecule has 0 bridgehead atoms. The van der Waals surface area contributed by atoms with E-state index < -0.39 is 5.97 Å². The van der Waals surface area contributed by atoms with Crippen LogP contribution in [0.4, 0.5) is 5.69 Å². The molecule has 5 heteroatoms. The summed E-state index contributed by atoms with van der Waals surface area (Å²) in [5, 5.41) is 12.3. The molecule has 22 heavy (non-hydrogen) atoms. The van der Waals surface area contributed by atoms with Crippen LogP contribution in [0.2, 0.25) is 5.02 Å². The quantitative estimate of drug-likeness (QED) is 0.880. The van der Waals surface area contributed by atoms with Crippen molar-refractivity contribution in [3.63, 3.8) is 0 Å². The van der Waals surface area contributed by atoms with Crippen LogP contribution >= 0.6 is 11.6 Å². The summed E-state index contributed by atoms with van der Waals surface area (Å²) >= 11 is 5.83. The molecule has 0 aliphatic heterocycles. The predicted molar refractivity (Wildman–Crippen MR) is 86.4 cm³/mol. The number of rotatable bonds is 5. The van der Waals surface area contributed by atoms with Gasteiger partial charge in [0.15, 0.2) is 0 Å². The van der Waals surface area contributed by atoms with Gasteiger partial charge in [-0.15, -0.1) is 0 Å². The number of hydrogen-bond acceptors (Lipinski definition) is 2. The van der Waals surface area contributed by atoms with Crippen molar-refractivity contribution in [3.05, 3.63) is 64.7 Å². The van der Waals surface area contributed by atoms with E-state index in [4.69, 9.17) is 16.7 Å². The molecule has 0 aliphatic carbocycles. The Kier molecular flexibility index (Phi) is 5.17. The van der Waals surface area contributed by atoms with Gasteiger partial charge in [-0.2, -0.15) is 0 Å². The van der Waals surface area contributed by atoms with Gasteiger partial charge in [0.05, 0.1) is 5.56 Å². The van der Waals surface area contributed by atoms with E-state index in [-0.39, 0.29) is 17.4 Å². The Morgan fingerprint density at radius 2 is 1.86 bits per heavy atom. The van der Waals surface area contributed by atoms with Crippen LogP contribution < -0.4 is 5.32 Å². The van der Waals surface area contributed by atoms with Gasteiger partial charge in [-0.25, -0.2) is 4.79 Å². The van der Waals surface area contributed by atoms with Crippen LogP contribution in [0, 0.1) is 5.92 Å². The van der Waals surface area contributed by atoms with Gasteiger partial charge in [-0.3, -0.25) is 4.79 Å². The van der Waals surface area contributed by atoms with Gasteiger partial charge >= 0.3 is 5.97 Å². The summed E-state index contributed by atoms with van der Waals surface area (Å²) in [5.74, 6) is -1.42. The molecule has 2 rings (SSSR count). The highest BCUT2D eigenvalue weighted by Gasteiger charge is 2.14. The minimum Gasteiger partial charge on any atom is -0.478 e. The average molecular weight is 318 g/mol. The molecule has 2 N–H and O–H groups in total. The first kappa shape index (κ1) is 16.0. The van der Waals surface area contributed by atoms with E-state index in [2.05, 4.69) is 5.32 Å². The monoisotopic (exact) mass is 317 g/mol. The highest BCUT2D eigenvalue weighted by molar-refractivity contribution is 6.30. The predicted octanol–water partition coefficient (Wildman–Crippen LogP) is 3.86. The number of carboxylic acids is 1. The molecule has 0 heterocycles. The average Bonchev–Trinajstić information content (AvgIpc) is 2.49. The van der Waals surface area contributed by atoms with Crippen LogP contribution in [0.1, 0.15) is 22.8 Å². The second-order valence-corrected chi connectivity index (χ2v) is 5.54. The maximum atomic E-state index is 12.2. The third-order valence-corrected chi connectivity index (χ3v) is 3.53. The number of carbonyl (C=O) groups excluding carboxylic acids is 1. The second-order valence-electron chi connectivity index (χ2n) is 5.11. The van der Waals surface area contributed by atoms with Gasteiger partial charge in [0.1, 0.15) is 0 Å². The van der Waals surface area contributed by atoms with Gasteiger partial charge in [0.2, 0.25) is 5.91 Å². The maximum absolute atomic E-state index is 12.2. The lowest BCUT2D eigenvalue weighted by atomic mass is 10.0. The molecule has 114 valence electrons. The molecule has 1 amide bonds. The molecule has 0 saturated heterocycles. The largest absolute Gasteiger partial charge is 0.478 e. The third kappa shape index (κ3) is 4.33. The van der Waals surface area contributed by atoms with E-state index >= 15 is 0 Å². The van der Waals surface area contributed by atoms with Gasteiger partial charge in [0, 0.05) is 16.6 Å². The molecule has 0 saturated carbocycles. The molecule has 0 aliphatic rings. The number of benzene rings is 2. The zero-order valence-electron chi connectivity index (χ0n) is 12.0. The van der Waals surface area contributed by atoms with Crippen molar-refractivity contribution in [3.8, 4) is 0 Å². The number of anilines is 1. The number of amides is 1. The van der Waals surface area contributed by atoms with Crippen LogP contribution in [0.3, 0.4) is 0 Å². The fraction of sp³-hybridized carbons (Fsp3) is 0.176. The van der Waals surface area contributed by atoms with Gasteiger partial charge in [0.25, 0.3) is 0 Å². The standard InChI is InChI=1S/C17H16ClNO3/c1-11(9-12-5-7-14(18)8-6-12)16(20)19-15-4-2-3-13(10-15)17(21)22/h2-8,10-11H,9H2,1H3,(H,19,20)(H,21,22). The van der Waals surface area contributed by atoms with Crippen molar-refractivity contribution in [2.75, 3.05) is 5.32 Å². The lowest BCUT2D eigenvalue weighted by Gasteiger charge is -2.12. The zero-order valence-corrected chi connectivity index (χ0v) is 12.8. The Labute approximate surface area is 133 Å². The van der Waals surface area contributed by atoms with Crippen LogP contribution in [-0.4, -0.2) is 17.0 Å². The van der Waals surface area contributed by atoms with E-state index in [9.17, 15) is 9.59 Å². The summed E-state index contributed by atoms with van der Waals surface area (Å²) < 4.78 is 0. The normalized spacial score (nSPS) is 11.7. The van der Waals surface area contributed by atoms with Crippen molar-refractivity contribution in [2.45, 2.75) is 13.3 Å². The molecule has 2 aromatic rings. The van der Waals surface area contributed by atoms with E-state index in [1.54, 1.807) is 24.3 Å². The Bertz CT molecular complexity index is 683. The van der Waals surface area contributed by atoms with Crippen LogP contribution in [0.5, 0.6) is 0 Å². The Morgan fingerprint density at radius 3 is 2.50 bits per heavy atom. The van der Waals surface area contributed by atoms with Gasteiger partial charge in [-0.05, 0) is 42.3 Å². The molecule has 1 atom stereocenters. The fourth-order valence-electron chi connectivity index (χ4n) is 2.06. The molecule has 1 unspecified atom stereocenters. The van der Waals surface area contributed by atoms with Crippen LogP contribution in [0.15, 0.2) is 48.5 Å². The van der Waals surface area contributed by atoms with Crippen molar-refractivity contribution in [1.82, 2.24) is 0 Å². The highest BCUT2D eigenvalue weighted by Crippen LogP contribution is 2.16. The number of halogens is 1. The summed E-state index contributed by atoms with van der Waals surface area (Å²) in [6.45, 7) is 1.82. The van der Waals surface area contributed by atoms with Crippen molar-refractivity contribution in [2.24, 2.45) is 5.92 Å². The Balaban J connectivity index is 2.00. The second kappa shape index (κ2) is 7.09. The maximum Gasteiger partial charge on any atom is 0.335 e. The van der Waals surface area contributed by atoms with E-state index in [1.807, 2.05) is 19.1 Å². The lowest BCUT2D eigenvalue weighted by molar-refractivity contribution is -0.119. The van der Waals surface area contributed by atoms with Gasteiger partial charge in [-0.1, -0.05) is 36.7 Å². The van der Waals surface area contributed by atoms with Crippen molar-refractivity contribution in [1.29, 1.82) is 0 Å². The summed E-state index contributed by atoms with van der Waals surface area (Å²) in [5.41, 5.74) is 1.64. The highest BCUT2D eigenvalue weighted by atomic mass is 35.5. The molecule has 2 aromatic carbocycles. The van der Waals surface area contributed by atoms with Gasteiger partial charge < -0.3 is 10.4 Å². The van der Waals surface area contributed by atoms with Crippen LogP contribution in [-0.2, 0) is 11.2 Å². The topological polar surface area (TPSA) is 66.4 Å². The first-order chi connectivity index (χ1) is 10.5. The molecular weight excluding hydrogens is 302 g/mol. The summed E-state index contributed by atoms with van der Waals surface area (Å²) in [6.07, 6.45) is 0.585. The fourth-order valence-corrected chi connectivity index (χ4v) is 2.19. The summed E-state index contributed by atoms with van der Waals surface area (Å²) in [6, 6.07) is 13.5. The molecule has 0 aromatic heterocycles. The first-order valence-corrected chi connectivity index (χ1v) is 7.22.